The molecule has 2 unspecified atom stereocenters. The monoisotopic (exact) mass is 933 g/mol. The predicted molar refractivity (Wildman–Crippen MR) is 236 cm³/mol. The topological polar surface area (TPSA) is 308 Å². The van der Waals surface area contributed by atoms with Crippen LogP contribution in [0.2, 0.25) is 0 Å². The van der Waals surface area contributed by atoms with Gasteiger partial charge in [0.05, 0.1) is 22.0 Å². The largest absolute Gasteiger partial charge is 0.392 e. The molecule has 6 aromatic rings. The molecule has 336 valence electrons. The quantitative estimate of drug-likeness (QED) is 0.0460. The molecule has 23 heteroatoms. The summed E-state index contributed by atoms with van der Waals surface area (Å²) in [6.07, 6.45) is 1.33. The van der Waals surface area contributed by atoms with E-state index in [-0.39, 0.29) is 76.5 Å². The highest BCUT2D eigenvalue weighted by molar-refractivity contribution is 7.86. The summed E-state index contributed by atoms with van der Waals surface area (Å²) in [4.78, 5) is 26.9. The summed E-state index contributed by atoms with van der Waals surface area (Å²) in [6.45, 7) is 4.75. The maximum atomic E-state index is 12.7. The molecule has 0 saturated carbocycles. The van der Waals surface area contributed by atoms with Crippen LogP contribution in [0.1, 0.15) is 53.6 Å². The van der Waals surface area contributed by atoms with E-state index >= 15 is 0 Å². The number of aliphatic hydroxyl groups is 2. The van der Waals surface area contributed by atoms with Gasteiger partial charge >= 0.3 is 0 Å². The van der Waals surface area contributed by atoms with Gasteiger partial charge in [-0.25, -0.2) is 4.98 Å². The zero-order valence-corrected chi connectivity index (χ0v) is 36.8. The highest BCUT2D eigenvalue weighted by Gasteiger charge is 2.21. The number of rotatable bonds is 18. The zero-order valence-electron chi connectivity index (χ0n) is 34.3. The minimum Gasteiger partial charge on any atom is -0.392 e. The van der Waals surface area contributed by atoms with Crippen LogP contribution in [0.15, 0.2) is 106 Å². The molecule has 0 aliphatic carbocycles. The van der Waals surface area contributed by atoms with Crippen molar-refractivity contribution >= 4 is 71.7 Å². The van der Waals surface area contributed by atoms with E-state index in [2.05, 4.69) is 40.5 Å². The average Bonchev–Trinajstić information content (AvgIpc) is 3.19. The second kappa shape index (κ2) is 19.6. The number of hydrogen-bond acceptors (Lipinski definition) is 17. The number of aromatic nitrogens is 6. The lowest BCUT2D eigenvalue weighted by Crippen LogP contribution is -2.38. The Morgan fingerprint density at radius 2 is 1.23 bits per heavy atom. The summed E-state index contributed by atoms with van der Waals surface area (Å²) in [5.41, 5.74) is 2.27. The number of nitrogens with one attached hydrogen (secondary N) is 2. The van der Waals surface area contributed by atoms with Crippen molar-refractivity contribution in [1.82, 2.24) is 29.9 Å². The average molecular weight is 934 g/mol. The Morgan fingerprint density at radius 1 is 0.609 bits per heavy atom. The Kier molecular flexibility index (Phi) is 14.5. The van der Waals surface area contributed by atoms with Crippen molar-refractivity contribution in [1.29, 1.82) is 0 Å². The van der Waals surface area contributed by atoms with Gasteiger partial charge in [-0.05, 0) is 85.5 Å². The van der Waals surface area contributed by atoms with Crippen molar-refractivity contribution in [3.8, 4) is 0 Å². The molecule has 0 bridgehead atoms. The molecule has 0 radical (unpaired) electrons. The molecule has 7 N–H and O–H groups in total. The van der Waals surface area contributed by atoms with Crippen molar-refractivity contribution in [2.24, 2.45) is 0 Å². The Hall–Kier alpha value is -6.31. The predicted octanol–water partition coefficient (Wildman–Crippen LogP) is 4.51. The maximum Gasteiger partial charge on any atom is 0.295 e. The van der Waals surface area contributed by atoms with E-state index in [1.807, 2.05) is 0 Å². The van der Waals surface area contributed by atoms with Crippen LogP contribution in [0.3, 0.4) is 0 Å². The summed E-state index contributed by atoms with van der Waals surface area (Å²) in [5, 5.41) is 26.4. The van der Waals surface area contributed by atoms with E-state index in [9.17, 15) is 49.1 Å². The Morgan fingerprint density at radius 3 is 1.88 bits per heavy atom. The van der Waals surface area contributed by atoms with E-state index in [0.717, 1.165) is 6.07 Å². The van der Waals surface area contributed by atoms with Crippen LogP contribution >= 0.6 is 0 Å². The van der Waals surface area contributed by atoms with Crippen molar-refractivity contribution in [2.45, 2.75) is 60.5 Å². The van der Waals surface area contributed by atoms with Crippen molar-refractivity contribution in [3.05, 3.63) is 131 Å². The SMILES string of the molecule is Cc1nc(Cc2ccccc2S(=O)(=O)O)nc(Nc2ccc(/C=C/c3ccc(Cc4nc(Nc5cccc(S(=O)(=O)O)c5)nc(N(CC(C)O)CC(C)O)n4)cc3S(=O)(=O)O)cc2)n1. The standard InChI is InChI=1S/C41H43N9O11S3/c1-25(51)23-50(24-26(2)52)41-48-37(46-40(49-41)45-33-8-6-9-34(22-33)62(53,54)55)20-29-12-16-30(36(19-29)64(59,60)61)15-11-28-13-17-32(18-14-28)44-39-43-27(3)42-38(47-39)21-31-7-4-5-10-35(31)63(56,57)58/h4-19,22,25-26,51-52H,20-21,23-24H2,1-3H3,(H,53,54,55)(H,56,57,58)(H,59,60,61)(H,42,43,44,47)(H,45,46,48,49)/b15-11+. The van der Waals surface area contributed by atoms with Crippen molar-refractivity contribution < 1.29 is 49.1 Å². The summed E-state index contributed by atoms with van der Waals surface area (Å²) in [7, 11) is -13.8. The van der Waals surface area contributed by atoms with E-state index in [4.69, 9.17) is 0 Å². The Labute approximate surface area is 369 Å². The number of nitrogens with zero attached hydrogens (tertiary/aromatic N) is 7. The molecule has 2 aromatic heterocycles. The van der Waals surface area contributed by atoms with E-state index in [0.29, 0.717) is 28.2 Å². The van der Waals surface area contributed by atoms with Gasteiger partial charge in [-0.2, -0.15) is 50.2 Å². The molecule has 0 aliphatic heterocycles. The Bertz CT molecular complexity index is 3020. The lowest BCUT2D eigenvalue weighted by molar-refractivity contribution is 0.177. The van der Waals surface area contributed by atoms with Gasteiger partial charge in [-0.1, -0.05) is 60.7 Å². The molecule has 2 atom stereocenters. The fourth-order valence-corrected chi connectivity index (χ4v) is 8.37. The summed E-state index contributed by atoms with van der Waals surface area (Å²) in [6, 6.07) is 22.5. The molecular formula is C41H43N9O11S3. The molecule has 0 spiro atoms. The fourth-order valence-electron chi connectivity index (χ4n) is 6.39. The fraction of sp³-hybridized carbons (Fsp3) is 0.220. The normalized spacial score (nSPS) is 13.1. The second-order valence-corrected chi connectivity index (χ2v) is 18.8. The first-order valence-corrected chi connectivity index (χ1v) is 23.5. The first kappa shape index (κ1) is 47.2. The minimum atomic E-state index is -4.77. The van der Waals surface area contributed by atoms with E-state index in [1.54, 1.807) is 55.5 Å². The molecule has 2 heterocycles. The van der Waals surface area contributed by atoms with Crippen molar-refractivity contribution in [3.63, 3.8) is 0 Å². The molecule has 0 amide bonds. The molecule has 20 nitrogen and oxygen atoms in total. The summed E-state index contributed by atoms with van der Waals surface area (Å²) >= 11 is 0. The third-order valence-electron chi connectivity index (χ3n) is 9.04. The molecule has 6 rings (SSSR count). The van der Waals surface area contributed by atoms with Gasteiger partial charge in [0, 0.05) is 37.3 Å². The molecule has 64 heavy (non-hydrogen) atoms. The smallest absolute Gasteiger partial charge is 0.295 e. The number of benzene rings is 4. The van der Waals surface area contributed by atoms with Gasteiger partial charge < -0.3 is 25.7 Å². The van der Waals surface area contributed by atoms with E-state index in [1.165, 1.54) is 67.3 Å². The van der Waals surface area contributed by atoms with Gasteiger partial charge in [0.15, 0.2) is 0 Å². The lowest BCUT2D eigenvalue weighted by Gasteiger charge is -2.26. The first-order chi connectivity index (χ1) is 30.1. The first-order valence-electron chi connectivity index (χ1n) is 19.2. The third-order valence-corrected chi connectivity index (χ3v) is 11.8. The minimum absolute atomic E-state index is 0.00884. The van der Waals surface area contributed by atoms with Gasteiger partial charge in [0.1, 0.15) is 22.4 Å². The van der Waals surface area contributed by atoms with Crippen LogP contribution < -0.4 is 15.5 Å². The van der Waals surface area contributed by atoms with Crippen LogP contribution in [0.4, 0.5) is 29.2 Å². The van der Waals surface area contributed by atoms with Gasteiger partial charge in [0.2, 0.25) is 17.8 Å². The number of aryl methyl sites for hydroxylation is 1. The number of anilines is 5. The molecule has 0 saturated heterocycles. The Balaban J connectivity index is 1.23. The van der Waals surface area contributed by atoms with Gasteiger partial charge in [0.25, 0.3) is 30.4 Å². The molecular weight excluding hydrogens is 891 g/mol. The van der Waals surface area contributed by atoms with Crippen LogP contribution in [0.5, 0.6) is 0 Å². The van der Waals surface area contributed by atoms with Crippen LogP contribution in [-0.2, 0) is 43.2 Å². The van der Waals surface area contributed by atoms with Crippen LogP contribution in [0, 0.1) is 6.92 Å². The third kappa shape index (κ3) is 13.1. The molecule has 0 fully saturated rings. The highest BCUT2D eigenvalue weighted by atomic mass is 32.2. The van der Waals surface area contributed by atoms with Crippen LogP contribution in [0.25, 0.3) is 12.2 Å². The second-order valence-electron chi connectivity index (χ2n) is 14.6. The zero-order chi connectivity index (χ0) is 46.4. The maximum absolute atomic E-state index is 12.7. The molecule has 4 aromatic carbocycles. The van der Waals surface area contributed by atoms with Crippen LogP contribution in [-0.4, -0.2) is 104 Å². The lowest BCUT2D eigenvalue weighted by atomic mass is 10.1. The van der Waals surface area contributed by atoms with E-state index < -0.39 is 47.5 Å². The van der Waals surface area contributed by atoms with Gasteiger partial charge in [-0.3, -0.25) is 13.7 Å². The summed E-state index contributed by atoms with van der Waals surface area (Å²) < 4.78 is 102. The number of hydrogen-bond donors (Lipinski definition) is 7. The highest BCUT2D eigenvalue weighted by Crippen LogP contribution is 2.25. The number of aliphatic hydroxyl groups excluding tert-OH is 2. The van der Waals surface area contributed by atoms with Gasteiger partial charge in [-0.15, -0.1) is 0 Å². The molecule has 0 aliphatic rings. The summed E-state index contributed by atoms with van der Waals surface area (Å²) in [5.74, 6) is 0.883. The van der Waals surface area contributed by atoms with Crippen molar-refractivity contribution in [2.75, 3.05) is 28.6 Å².